The molecule has 0 aliphatic heterocycles. The van der Waals surface area contributed by atoms with Crippen LogP contribution in [0.2, 0.25) is 0 Å². The van der Waals surface area contributed by atoms with Gasteiger partial charge in [0.15, 0.2) is 0 Å². The van der Waals surface area contributed by atoms with Crippen LogP contribution in [0.1, 0.15) is 58.9 Å². The molecule has 1 rings (SSSR count). The van der Waals surface area contributed by atoms with Crippen LogP contribution < -0.4 is 5.32 Å². The molecule has 0 radical (unpaired) electrons. The fraction of sp³-hybridized carbons (Fsp3) is 0.647. The molecule has 1 N–H and O–H groups in total. The van der Waals surface area contributed by atoms with Gasteiger partial charge >= 0.3 is 0 Å². The minimum Gasteiger partial charge on any atom is -0.311 e. The molecule has 0 aliphatic rings. The van der Waals surface area contributed by atoms with Crippen molar-refractivity contribution in [3.63, 3.8) is 0 Å². The zero-order chi connectivity index (χ0) is 15.3. The van der Waals surface area contributed by atoms with Gasteiger partial charge in [-0.3, -0.25) is 0 Å². The summed E-state index contributed by atoms with van der Waals surface area (Å²) in [5.74, 6) is -0.482. The maximum atomic E-state index is 13.5. The quantitative estimate of drug-likeness (QED) is 0.785. The third-order valence-electron chi connectivity index (χ3n) is 3.60. The first kappa shape index (κ1) is 17.1. The van der Waals surface area contributed by atoms with E-state index in [0.717, 1.165) is 31.0 Å². The van der Waals surface area contributed by atoms with Gasteiger partial charge in [0.2, 0.25) is 0 Å². The van der Waals surface area contributed by atoms with Gasteiger partial charge in [0.05, 0.1) is 0 Å². The number of hydrogen-bond donors (Lipinski definition) is 1. The molecule has 0 saturated carbocycles. The van der Waals surface area contributed by atoms with Crippen LogP contribution in [0.15, 0.2) is 18.2 Å². The fourth-order valence-electron chi connectivity index (χ4n) is 2.51. The summed E-state index contributed by atoms with van der Waals surface area (Å²) in [5.41, 5.74) is 0.746. The highest BCUT2D eigenvalue weighted by atomic mass is 19.1. The van der Waals surface area contributed by atoms with Crippen molar-refractivity contribution in [1.82, 2.24) is 5.32 Å². The van der Waals surface area contributed by atoms with E-state index in [9.17, 15) is 8.78 Å². The first-order valence-electron chi connectivity index (χ1n) is 7.44. The van der Waals surface area contributed by atoms with E-state index in [1.165, 1.54) is 12.1 Å². The van der Waals surface area contributed by atoms with Crippen LogP contribution in [0.4, 0.5) is 8.78 Å². The van der Waals surface area contributed by atoms with Crippen LogP contribution in [0, 0.1) is 17.6 Å². The number of rotatable bonds is 6. The van der Waals surface area contributed by atoms with Crippen LogP contribution in [-0.2, 0) is 0 Å². The lowest BCUT2D eigenvalue weighted by Gasteiger charge is -2.29. The van der Waals surface area contributed by atoms with E-state index >= 15 is 0 Å². The smallest absolute Gasteiger partial charge is 0.126 e. The van der Waals surface area contributed by atoms with Gasteiger partial charge in [-0.25, -0.2) is 8.78 Å². The Morgan fingerprint density at radius 1 is 1.10 bits per heavy atom. The molecule has 1 aromatic carbocycles. The van der Waals surface area contributed by atoms with Crippen molar-refractivity contribution < 1.29 is 8.78 Å². The minimum absolute atomic E-state index is 0.00391. The zero-order valence-corrected chi connectivity index (χ0v) is 13.3. The molecule has 114 valence electrons. The van der Waals surface area contributed by atoms with Gasteiger partial charge in [-0.2, -0.15) is 0 Å². The molecule has 1 aromatic rings. The third-order valence-corrected chi connectivity index (χ3v) is 3.60. The molecule has 0 aliphatic carbocycles. The highest BCUT2D eigenvalue weighted by Gasteiger charge is 2.22. The summed E-state index contributed by atoms with van der Waals surface area (Å²) in [6.07, 6.45) is 2.12. The predicted octanol–water partition coefficient (Wildman–Crippen LogP) is 4.87. The van der Waals surface area contributed by atoms with Gasteiger partial charge in [-0.1, -0.05) is 26.7 Å². The molecular weight excluding hydrogens is 256 g/mol. The fourth-order valence-corrected chi connectivity index (χ4v) is 2.51. The summed E-state index contributed by atoms with van der Waals surface area (Å²) in [5, 5.41) is 3.45. The summed E-state index contributed by atoms with van der Waals surface area (Å²) in [7, 11) is 0. The van der Waals surface area contributed by atoms with Gasteiger partial charge in [0.25, 0.3) is 0 Å². The van der Waals surface area contributed by atoms with Gasteiger partial charge in [0.1, 0.15) is 11.6 Å². The summed E-state index contributed by atoms with van der Waals surface area (Å²) >= 11 is 0. The van der Waals surface area contributed by atoms with Crippen molar-refractivity contribution in [2.75, 3.05) is 6.54 Å². The molecular formula is C17H27F2N. The third kappa shape index (κ3) is 5.58. The van der Waals surface area contributed by atoms with E-state index < -0.39 is 11.6 Å². The predicted molar refractivity (Wildman–Crippen MR) is 80.9 cm³/mol. The van der Waals surface area contributed by atoms with Gasteiger partial charge < -0.3 is 5.32 Å². The Morgan fingerprint density at radius 2 is 1.65 bits per heavy atom. The Kier molecular flexibility index (Phi) is 6.12. The molecule has 2 atom stereocenters. The van der Waals surface area contributed by atoms with E-state index in [2.05, 4.69) is 39.9 Å². The monoisotopic (exact) mass is 283 g/mol. The van der Waals surface area contributed by atoms with Crippen molar-refractivity contribution >= 4 is 0 Å². The summed E-state index contributed by atoms with van der Waals surface area (Å²) < 4.78 is 26.9. The second kappa shape index (κ2) is 7.16. The minimum atomic E-state index is -0.496. The second-order valence-electron chi connectivity index (χ2n) is 6.71. The summed E-state index contributed by atoms with van der Waals surface area (Å²) in [6, 6.07) is 3.86. The summed E-state index contributed by atoms with van der Waals surface area (Å²) in [4.78, 5) is 0. The maximum absolute atomic E-state index is 13.5. The Labute approximate surface area is 121 Å². The van der Waals surface area contributed by atoms with Crippen LogP contribution in [0.3, 0.4) is 0 Å². The first-order valence-corrected chi connectivity index (χ1v) is 7.44. The Bertz CT molecular complexity index is 403. The highest BCUT2D eigenvalue weighted by Crippen LogP contribution is 2.29. The Hall–Kier alpha value is -0.960. The largest absolute Gasteiger partial charge is 0.311 e. The molecule has 3 heteroatoms. The molecule has 0 saturated heterocycles. The molecule has 0 heterocycles. The van der Waals surface area contributed by atoms with Crippen molar-refractivity contribution in [2.24, 2.45) is 5.92 Å². The normalized spacial score (nSPS) is 15.2. The molecule has 20 heavy (non-hydrogen) atoms. The first-order chi connectivity index (χ1) is 9.23. The van der Waals surface area contributed by atoms with E-state index in [4.69, 9.17) is 0 Å². The van der Waals surface area contributed by atoms with Crippen molar-refractivity contribution in [3.05, 3.63) is 35.4 Å². The van der Waals surface area contributed by atoms with Crippen LogP contribution >= 0.6 is 0 Å². The Balaban J connectivity index is 2.96. The number of halogens is 2. The van der Waals surface area contributed by atoms with Crippen molar-refractivity contribution in [3.8, 4) is 0 Å². The van der Waals surface area contributed by atoms with E-state index in [1.807, 2.05) is 0 Å². The number of nitrogens with one attached hydrogen (secondary N) is 1. The lowest BCUT2D eigenvalue weighted by atomic mass is 9.84. The van der Waals surface area contributed by atoms with E-state index in [-0.39, 0.29) is 11.5 Å². The molecule has 0 spiro atoms. The van der Waals surface area contributed by atoms with Crippen LogP contribution in [0.5, 0.6) is 0 Å². The van der Waals surface area contributed by atoms with Crippen molar-refractivity contribution in [2.45, 2.75) is 58.9 Å². The number of hydrogen-bond acceptors (Lipinski definition) is 1. The van der Waals surface area contributed by atoms with Gasteiger partial charge in [-0.15, -0.1) is 0 Å². The van der Waals surface area contributed by atoms with E-state index in [1.54, 1.807) is 0 Å². The average Bonchev–Trinajstić information content (AvgIpc) is 2.26. The molecule has 2 unspecified atom stereocenters. The molecule has 0 aromatic heterocycles. The standard InChI is InChI=1S/C17H27F2N/c1-6-7-12(2)16(11-20-17(3,4)5)13-8-14(18)10-15(19)9-13/h8-10,12,16,20H,6-7,11H2,1-5H3. The maximum Gasteiger partial charge on any atom is 0.126 e. The SMILES string of the molecule is CCCC(C)C(CNC(C)(C)C)c1cc(F)cc(F)c1. The van der Waals surface area contributed by atoms with Gasteiger partial charge in [-0.05, 0) is 50.3 Å². The molecule has 0 fully saturated rings. The highest BCUT2D eigenvalue weighted by molar-refractivity contribution is 5.23. The summed E-state index contributed by atoms with van der Waals surface area (Å²) in [6.45, 7) is 11.3. The Morgan fingerprint density at radius 3 is 2.10 bits per heavy atom. The lowest BCUT2D eigenvalue weighted by Crippen LogP contribution is -2.39. The van der Waals surface area contributed by atoms with Crippen LogP contribution in [0.25, 0.3) is 0 Å². The van der Waals surface area contributed by atoms with Gasteiger partial charge in [0, 0.05) is 18.2 Å². The lowest BCUT2D eigenvalue weighted by molar-refractivity contribution is 0.347. The number of benzene rings is 1. The zero-order valence-electron chi connectivity index (χ0n) is 13.3. The van der Waals surface area contributed by atoms with Crippen LogP contribution in [-0.4, -0.2) is 12.1 Å². The molecule has 0 bridgehead atoms. The molecule has 0 amide bonds. The second-order valence-corrected chi connectivity index (χ2v) is 6.71. The average molecular weight is 283 g/mol. The molecule has 1 nitrogen and oxygen atoms in total. The topological polar surface area (TPSA) is 12.0 Å². The van der Waals surface area contributed by atoms with E-state index in [0.29, 0.717) is 5.92 Å². The van der Waals surface area contributed by atoms with Crippen molar-refractivity contribution in [1.29, 1.82) is 0 Å².